The van der Waals surface area contributed by atoms with Gasteiger partial charge in [0.1, 0.15) is 5.75 Å². The van der Waals surface area contributed by atoms with Crippen molar-refractivity contribution >= 4 is 17.3 Å². The van der Waals surface area contributed by atoms with Crippen molar-refractivity contribution in [2.24, 2.45) is 0 Å². The summed E-state index contributed by atoms with van der Waals surface area (Å²) in [4.78, 5) is 16.3. The molecule has 0 aromatic heterocycles. The van der Waals surface area contributed by atoms with Crippen LogP contribution in [0.5, 0.6) is 5.75 Å². The third-order valence-corrected chi connectivity index (χ3v) is 3.78. The molecule has 1 amide bonds. The Labute approximate surface area is 124 Å². The minimum Gasteiger partial charge on any atom is -0.495 e. The van der Waals surface area contributed by atoms with Crippen LogP contribution >= 0.6 is 0 Å². The lowest BCUT2D eigenvalue weighted by Gasteiger charge is -2.21. The number of benzene rings is 2. The van der Waals surface area contributed by atoms with Crippen LogP contribution in [-0.2, 0) is 6.54 Å². The van der Waals surface area contributed by atoms with Crippen molar-refractivity contribution in [2.45, 2.75) is 6.54 Å². The van der Waals surface area contributed by atoms with Gasteiger partial charge in [-0.3, -0.25) is 4.79 Å². The molecule has 0 aliphatic carbocycles. The summed E-state index contributed by atoms with van der Waals surface area (Å²) in [5.74, 6) is 0.855. The summed E-state index contributed by atoms with van der Waals surface area (Å²) in [6.07, 6.45) is 0. The molecule has 0 fully saturated rings. The van der Waals surface area contributed by atoms with Crippen LogP contribution in [0.25, 0.3) is 0 Å². The number of hydrogen-bond acceptors (Lipinski definition) is 3. The Kier molecular flexibility index (Phi) is 3.29. The number of carbonyl (C=O) groups is 1. The SMILES string of the molecule is COc1ccc(N2Cc3ccccc3C2=O)cc1N(C)C. The summed E-state index contributed by atoms with van der Waals surface area (Å²) in [5, 5.41) is 0. The maximum atomic E-state index is 12.5. The fourth-order valence-corrected chi connectivity index (χ4v) is 2.66. The van der Waals surface area contributed by atoms with Gasteiger partial charge in [0.25, 0.3) is 5.91 Å². The van der Waals surface area contributed by atoms with Crippen LogP contribution in [0.4, 0.5) is 11.4 Å². The van der Waals surface area contributed by atoms with Gasteiger partial charge in [-0.25, -0.2) is 0 Å². The van der Waals surface area contributed by atoms with Crippen molar-refractivity contribution in [2.75, 3.05) is 31.0 Å². The monoisotopic (exact) mass is 282 g/mol. The molecule has 2 aromatic carbocycles. The average molecular weight is 282 g/mol. The van der Waals surface area contributed by atoms with Crippen molar-refractivity contribution in [1.82, 2.24) is 0 Å². The van der Waals surface area contributed by atoms with Crippen molar-refractivity contribution in [3.63, 3.8) is 0 Å². The number of rotatable bonds is 3. The Morgan fingerprint density at radius 2 is 1.90 bits per heavy atom. The summed E-state index contributed by atoms with van der Waals surface area (Å²) in [5.41, 5.74) is 3.71. The third-order valence-electron chi connectivity index (χ3n) is 3.78. The van der Waals surface area contributed by atoms with Crippen molar-refractivity contribution in [3.05, 3.63) is 53.6 Å². The van der Waals surface area contributed by atoms with Crippen LogP contribution in [0.2, 0.25) is 0 Å². The van der Waals surface area contributed by atoms with E-state index in [1.54, 1.807) is 12.0 Å². The van der Waals surface area contributed by atoms with E-state index in [9.17, 15) is 4.79 Å². The van der Waals surface area contributed by atoms with Crippen LogP contribution in [0.1, 0.15) is 15.9 Å². The van der Waals surface area contributed by atoms with Gasteiger partial charge >= 0.3 is 0 Å². The summed E-state index contributed by atoms with van der Waals surface area (Å²) in [6, 6.07) is 13.6. The molecule has 3 rings (SSSR count). The highest BCUT2D eigenvalue weighted by atomic mass is 16.5. The van der Waals surface area contributed by atoms with E-state index in [4.69, 9.17) is 4.74 Å². The van der Waals surface area contributed by atoms with Crippen LogP contribution in [-0.4, -0.2) is 27.1 Å². The molecule has 0 N–H and O–H groups in total. The normalized spacial score (nSPS) is 13.3. The zero-order valence-corrected chi connectivity index (χ0v) is 12.5. The quantitative estimate of drug-likeness (QED) is 0.867. The Balaban J connectivity index is 2.00. The van der Waals surface area contributed by atoms with Gasteiger partial charge in [-0.05, 0) is 29.8 Å². The zero-order chi connectivity index (χ0) is 15.0. The predicted octanol–water partition coefficient (Wildman–Crippen LogP) is 2.92. The summed E-state index contributed by atoms with van der Waals surface area (Å²) < 4.78 is 5.37. The molecule has 1 aliphatic rings. The number of methoxy groups -OCH3 is 1. The second-order valence-corrected chi connectivity index (χ2v) is 5.30. The van der Waals surface area contributed by atoms with Gasteiger partial charge in [0.15, 0.2) is 0 Å². The third kappa shape index (κ3) is 2.23. The molecule has 4 nitrogen and oxygen atoms in total. The van der Waals surface area contributed by atoms with Crippen LogP contribution < -0.4 is 14.5 Å². The minimum atomic E-state index is 0.0560. The summed E-state index contributed by atoms with van der Waals surface area (Å²) in [7, 11) is 5.57. The smallest absolute Gasteiger partial charge is 0.258 e. The fraction of sp³-hybridized carbons (Fsp3) is 0.235. The lowest BCUT2D eigenvalue weighted by atomic mass is 10.1. The molecule has 1 heterocycles. The van der Waals surface area contributed by atoms with Crippen molar-refractivity contribution < 1.29 is 9.53 Å². The Morgan fingerprint density at radius 1 is 1.14 bits per heavy atom. The van der Waals surface area contributed by atoms with Gasteiger partial charge in [-0.1, -0.05) is 18.2 Å². The largest absolute Gasteiger partial charge is 0.495 e. The lowest BCUT2D eigenvalue weighted by Crippen LogP contribution is -2.23. The van der Waals surface area contributed by atoms with Gasteiger partial charge in [0.2, 0.25) is 0 Å². The Hall–Kier alpha value is -2.49. The van der Waals surface area contributed by atoms with Gasteiger partial charge in [0.05, 0.1) is 19.3 Å². The van der Waals surface area contributed by atoms with E-state index in [1.807, 2.05) is 61.5 Å². The van der Waals surface area contributed by atoms with E-state index in [-0.39, 0.29) is 5.91 Å². The van der Waals surface area contributed by atoms with E-state index >= 15 is 0 Å². The highest BCUT2D eigenvalue weighted by Gasteiger charge is 2.28. The van der Waals surface area contributed by atoms with Gasteiger partial charge in [-0.15, -0.1) is 0 Å². The second kappa shape index (κ2) is 5.13. The predicted molar refractivity (Wildman–Crippen MR) is 84.3 cm³/mol. The molecule has 0 saturated heterocycles. The first-order valence-corrected chi connectivity index (χ1v) is 6.87. The molecular formula is C17H18N2O2. The molecule has 0 saturated carbocycles. The first-order valence-electron chi connectivity index (χ1n) is 6.87. The van der Waals surface area contributed by atoms with Crippen molar-refractivity contribution in [1.29, 1.82) is 0 Å². The maximum absolute atomic E-state index is 12.5. The number of amides is 1. The summed E-state index contributed by atoms with van der Waals surface area (Å²) in [6.45, 7) is 0.619. The average Bonchev–Trinajstić information content (AvgIpc) is 2.84. The second-order valence-electron chi connectivity index (χ2n) is 5.30. The first-order chi connectivity index (χ1) is 10.1. The fourth-order valence-electron chi connectivity index (χ4n) is 2.66. The molecule has 21 heavy (non-hydrogen) atoms. The number of ether oxygens (including phenoxy) is 1. The summed E-state index contributed by atoms with van der Waals surface area (Å²) >= 11 is 0. The van der Waals surface area contributed by atoms with Gasteiger partial charge in [0, 0.05) is 25.3 Å². The van der Waals surface area contributed by atoms with E-state index in [0.29, 0.717) is 6.54 Å². The van der Waals surface area contributed by atoms with E-state index in [1.165, 1.54) is 0 Å². The number of anilines is 2. The molecule has 4 heteroatoms. The molecule has 0 radical (unpaired) electrons. The molecule has 1 aliphatic heterocycles. The topological polar surface area (TPSA) is 32.8 Å². The van der Waals surface area contributed by atoms with E-state index in [0.717, 1.165) is 28.3 Å². The van der Waals surface area contributed by atoms with Crippen LogP contribution in [0.15, 0.2) is 42.5 Å². The molecule has 2 aromatic rings. The molecule has 0 unspecified atom stereocenters. The minimum absolute atomic E-state index is 0.0560. The Morgan fingerprint density at radius 3 is 2.57 bits per heavy atom. The van der Waals surface area contributed by atoms with Gasteiger partial charge < -0.3 is 14.5 Å². The Bertz CT molecular complexity index is 695. The van der Waals surface area contributed by atoms with Crippen LogP contribution in [0, 0.1) is 0 Å². The number of carbonyl (C=O) groups excluding carboxylic acids is 1. The van der Waals surface area contributed by atoms with Gasteiger partial charge in [-0.2, -0.15) is 0 Å². The molecule has 108 valence electrons. The number of fused-ring (bicyclic) bond motifs is 1. The van der Waals surface area contributed by atoms with E-state index < -0.39 is 0 Å². The van der Waals surface area contributed by atoms with Crippen LogP contribution in [0.3, 0.4) is 0 Å². The maximum Gasteiger partial charge on any atom is 0.258 e. The highest BCUT2D eigenvalue weighted by Crippen LogP contribution is 2.35. The molecular weight excluding hydrogens is 264 g/mol. The van der Waals surface area contributed by atoms with Crippen molar-refractivity contribution in [3.8, 4) is 5.75 Å². The van der Waals surface area contributed by atoms with E-state index in [2.05, 4.69) is 0 Å². The standard InChI is InChI=1S/C17H18N2O2/c1-18(2)15-10-13(8-9-16(15)21-3)19-11-12-6-4-5-7-14(12)17(19)20/h4-10H,11H2,1-3H3. The highest BCUT2D eigenvalue weighted by molar-refractivity contribution is 6.10. The molecule has 0 spiro atoms. The number of nitrogens with zero attached hydrogens (tertiary/aromatic N) is 2. The number of hydrogen-bond donors (Lipinski definition) is 0. The molecule has 0 bridgehead atoms. The first kappa shape index (κ1) is 13.5. The zero-order valence-electron chi connectivity index (χ0n) is 12.5. The molecule has 0 atom stereocenters. The lowest BCUT2D eigenvalue weighted by molar-refractivity contribution is 0.0996.